The lowest BCUT2D eigenvalue weighted by atomic mass is 9.83. The van der Waals surface area contributed by atoms with Crippen LogP contribution in [-0.2, 0) is 13.0 Å². The monoisotopic (exact) mass is 661 g/mol. The topological polar surface area (TPSA) is 114 Å². The van der Waals surface area contributed by atoms with E-state index in [1.807, 2.05) is 48.5 Å². The van der Waals surface area contributed by atoms with E-state index in [-0.39, 0.29) is 17.9 Å². The normalized spacial score (nSPS) is 15.1. The summed E-state index contributed by atoms with van der Waals surface area (Å²) in [7, 11) is 4.81. The summed E-state index contributed by atoms with van der Waals surface area (Å²) < 4.78 is 25.3. The number of nitro benzene ring substituents is 1. The lowest BCUT2D eigenvalue weighted by Gasteiger charge is -2.31. The predicted molar refractivity (Wildman–Crippen MR) is 183 cm³/mol. The molecule has 0 bridgehead atoms. The highest BCUT2D eigenvalue weighted by molar-refractivity contribution is 7.07. The van der Waals surface area contributed by atoms with Gasteiger partial charge in [-0.15, -0.1) is 0 Å². The summed E-state index contributed by atoms with van der Waals surface area (Å²) in [5.41, 5.74) is 6.51. The van der Waals surface area contributed by atoms with E-state index in [1.54, 1.807) is 44.1 Å². The molecular formula is C37H31N3O7S. The largest absolute Gasteiger partial charge is 0.497 e. The van der Waals surface area contributed by atoms with Gasteiger partial charge in [0.1, 0.15) is 18.1 Å². The second-order valence-corrected chi connectivity index (χ2v) is 12.4. The zero-order valence-corrected chi connectivity index (χ0v) is 27.3. The van der Waals surface area contributed by atoms with Gasteiger partial charge in [-0.25, -0.2) is 4.99 Å². The van der Waals surface area contributed by atoms with Gasteiger partial charge in [-0.1, -0.05) is 41.7 Å². The van der Waals surface area contributed by atoms with Gasteiger partial charge in [-0.05, 0) is 83.6 Å². The van der Waals surface area contributed by atoms with Crippen LogP contribution in [0.15, 0.2) is 100 Å². The first kappa shape index (κ1) is 30.9. The van der Waals surface area contributed by atoms with E-state index in [1.165, 1.54) is 29.0 Å². The molecule has 5 aromatic rings. The van der Waals surface area contributed by atoms with Crippen molar-refractivity contribution in [3.63, 3.8) is 0 Å². The molecule has 11 heteroatoms. The van der Waals surface area contributed by atoms with Gasteiger partial charge in [0.15, 0.2) is 16.3 Å². The first-order chi connectivity index (χ1) is 23.4. The number of ether oxygens (including phenoxy) is 4. The summed E-state index contributed by atoms with van der Waals surface area (Å²) in [5, 5.41) is 11.0. The SMILES string of the molecule is COc1ccc(OC)c(C2C3=C(N=c4s/c(=C\c5ccc(OCc6ccc([N+](=O)[O-])cc6)c(OC)c5)c(=O)n42)c2ccccc2CC3)c1. The molecule has 7 rings (SSSR count). The van der Waals surface area contributed by atoms with Crippen LogP contribution in [0, 0.1) is 10.1 Å². The summed E-state index contributed by atoms with van der Waals surface area (Å²) in [5.74, 6) is 2.33. The van der Waals surface area contributed by atoms with Crippen LogP contribution in [-0.4, -0.2) is 30.8 Å². The maximum atomic E-state index is 14.3. The van der Waals surface area contributed by atoms with E-state index in [2.05, 4.69) is 12.1 Å². The van der Waals surface area contributed by atoms with Gasteiger partial charge >= 0.3 is 0 Å². The second-order valence-electron chi connectivity index (χ2n) is 11.3. The molecule has 1 aliphatic heterocycles. The van der Waals surface area contributed by atoms with E-state index in [0.29, 0.717) is 32.3 Å². The number of nitrogens with zero attached hydrogens (tertiary/aromatic N) is 3. The molecule has 1 aromatic heterocycles. The second kappa shape index (κ2) is 12.8. The Morgan fingerprint density at radius 3 is 2.44 bits per heavy atom. The molecule has 10 nitrogen and oxygen atoms in total. The van der Waals surface area contributed by atoms with E-state index in [4.69, 9.17) is 23.9 Å². The molecule has 2 aliphatic rings. The zero-order chi connectivity index (χ0) is 33.4. The van der Waals surface area contributed by atoms with Crippen molar-refractivity contribution in [2.24, 2.45) is 4.99 Å². The van der Waals surface area contributed by atoms with Crippen molar-refractivity contribution >= 4 is 28.8 Å². The van der Waals surface area contributed by atoms with Crippen molar-refractivity contribution in [2.75, 3.05) is 21.3 Å². The quantitative estimate of drug-likeness (QED) is 0.144. The number of fused-ring (bicyclic) bond motifs is 3. The first-order valence-corrected chi connectivity index (χ1v) is 16.1. The molecular weight excluding hydrogens is 630 g/mol. The van der Waals surface area contributed by atoms with E-state index >= 15 is 0 Å². The van der Waals surface area contributed by atoms with Gasteiger partial charge in [-0.2, -0.15) is 0 Å². The number of benzene rings is 4. The number of aromatic nitrogens is 1. The zero-order valence-electron chi connectivity index (χ0n) is 26.5. The number of hydrogen-bond acceptors (Lipinski definition) is 9. The molecule has 0 N–H and O–H groups in total. The van der Waals surface area contributed by atoms with Gasteiger partial charge in [0.2, 0.25) is 0 Å². The molecule has 0 saturated heterocycles. The Kier molecular flexibility index (Phi) is 8.28. The van der Waals surface area contributed by atoms with Crippen molar-refractivity contribution in [3.8, 4) is 23.0 Å². The van der Waals surface area contributed by atoms with Crippen LogP contribution in [0.25, 0.3) is 11.8 Å². The third kappa shape index (κ3) is 5.62. The standard InChI is InChI=1S/C37H31N3O7S/c1-44-26-14-17-30(45-2)29(20-26)35-28-15-11-24-6-4-5-7-27(24)34(28)38-37-39(35)36(41)33(48-37)19-23-10-16-31(32(18-23)46-3)47-21-22-8-12-25(13-9-22)40(42)43/h4-10,12-14,16-20,35H,11,15,21H2,1-3H3/b33-19-. The fraction of sp³-hybridized carbons (Fsp3) is 0.189. The highest BCUT2D eigenvalue weighted by Crippen LogP contribution is 2.44. The number of thiazole rings is 1. The van der Waals surface area contributed by atoms with Crippen LogP contribution >= 0.6 is 11.3 Å². The minimum Gasteiger partial charge on any atom is -0.497 e. The Morgan fingerprint density at radius 2 is 1.69 bits per heavy atom. The van der Waals surface area contributed by atoms with Gasteiger partial charge < -0.3 is 18.9 Å². The highest BCUT2D eigenvalue weighted by atomic mass is 32.1. The summed E-state index contributed by atoms with van der Waals surface area (Å²) in [6, 6.07) is 25.2. The third-order valence-corrected chi connectivity index (χ3v) is 9.61. The molecule has 242 valence electrons. The average molecular weight is 662 g/mol. The third-order valence-electron chi connectivity index (χ3n) is 8.63. The van der Waals surface area contributed by atoms with Crippen LogP contribution in [0.4, 0.5) is 5.69 Å². The number of aryl methyl sites for hydroxylation is 1. The van der Waals surface area contributed by atoms with Crippen LogP contribution in [0.1, 0.15) is 40.3 Å². The fourth-order valence-corrected chi connectivity index (χ4v) is 7.27. The maximum absolute atomic E-state index is 14.3. The Hall–Kier alpha value is -5.68. The fourth-order valence-electron chi connectivity index (χ4n) is 6.27. The van der Waals surface area contributed by atoms with Gasteiger partial charge in [-0.3, -0.25) is 19.5 Å². The molecule has 1 unspecified atom stereocenters. The van der Waals surface area contributed by atoms with Gasteiger partial charge in [0, 0.05) is 23.3 Å². The van der Waals surface area contributed by atoms with Crippen molar-refractivity contribution in [3.05, 3.63) is 148 Å². The van der Waals surface area contributed by atoms with Crippen LogP contribution in [0.3, 0.4) is 0 Å². The van der Waals surface area contributed by atoms with E-state index in [9.17, 15) is 14.9 Å². The van der Waals surface area contributed by atoms with Crippen molar-refractivity contribution < 1.29 is 23.9 Å². The minimum atomic E-state index is -0.438. The van der Waals surface area contributed by atoms with Crippen LogP contribution in [0.5, 0.6) is 23.0 Å². The first-order valence-electron chi connectivity index (χ1n) is 15.3. The Labute approximate surface area is 279 Å². The predicted octanol–water partition coefficient (Wildman–Crippen LogP) is 5.83. The summed E-state index contributed by atoms with van der Waals surface area (Å²) in [4.78, 5) is 30.6. The van der Waals surface area contributed by atoms with Crippen LogP contribution in [0.2, 0.25) is 0 Å². The van der Waals surface area contributed by atoms with Crippen molar-refractivity contribution in [1.82, 2.24) is 4.57 Å². The molecule has 4 aromatic carbocycles. The number of hydrogen-bond donors (Lipinski definition) is 0. The molecule has 48 heavy (non-hydrogen) atoms. The van der Waals surface area contributed by atoms with E-state index < -0.39 is 11.0 Å². The van der Waals surface area contributed by atoms with Crippen LogP contribution < -0.4 is 33.8 Å². The van der Waals surface area contributed by atoms with E-state index in [0.717, 1.165) is 46.4 Å². The average Bonchev–Trinajstić information content (AvgIpc) is 3.43. The number of rotatable bonds is 9. The number of non-ortho nitro benzene ring substituents is 1. The van der Waals surface area contributed by atoms with Gasteiger partial charge in [0.05, 0.1) is 42.5 Å². The maximum Gasteiger partial charge on any atom is 0.271 e. The molecule has 0 saturated carbocycles. The van der Waals surface area contributed by atoms with Crippen molar-refractivity contribution in [2.45, 2.75) is 25.5 Å². The number of nitro groups is 1. The minimum absolute atomic E-state index is 0.0184. The Bertz CT molecular complexity index is 2270. The number of allylic oxidation sites excluding steroid dienone is 1. The molecule has 0 spiro atoms. The highest BCUT2D eigenvalue weighted by Gasteiger charge is 2.34. The van der Waals surface area contributed by atoms with Crippen molar-refractivity contribution in [1.29, 1.82) is 0 Å². The lowest BCUT2D eigenvalue weighted by molar-refractivity contribution is -0.384. The molecule has 0 fully saturated rings. The molecule has 0 amide bonds. The molecule has 1 atom stereocenters. The lowest BCUT2D eigenvalue weighted by Crippen LogP contribution is -2.39. The molecule has 1 aliphatic carbocycles. The summed E-state index contributed by atoms with van der Waals surface area (Å²) >= 11 is 1.34. The summed E-state index contributed by atoms with van der Waals surface area (Å²) in [6.07, 6.45) is 3.43. The molecule has 0 radical (unpaired) electrons. The number of methoxy groups -OCH3 is 3. The molecule has 2 heterocycles. The smallest absolute Gasteiger partial charge is 0.271 e. The Balaban J connectivity index is 1.30. The summed E-state index contributed by atoms with van der Waals surface area (Å²) in [6.45, 7) is 0.202. The van der Waals surface area contributed by atoms with Gasteiger partial charge in [0.25, 0.3) is 11.2 Å². The Morgan fingerprint density at radius 1 is 0.917 bits per heavy atom.